The molecular formula is C14H23N3. The molecular weight excluding hydrogens is 210 g/mol. The maximum atomic E-state index is 5.66. The van der Waals surface area contributed by atoms with Crippen LogP contribution in [0.5, 0.6) is 0 Å². The molecule has 3 nitrogen and oxygen atoms in total. The van der Waals surface area contributed by atoms with Crippen molar-refractivity contribution in [2.45, 2.75) is 6.42 Å². The van der Waals surface area contributed by atoms with Gasteiger partial charge in [0.1, 0.15) is 0 Å². The number of anilines is 1. The third-order valence-electron chi connectivity index (χ3n) is 3.21. The van der Waals surface area contributed by atoms with E-state index in [0.717, 1.165) is 38.3 Å². The molecule has 94 valence electrons. The highest BCUT2D eigenvalue weighted by Crippen LogP contribution is 2.18. The molecule has 0 atom stereocenters. The van der Waals surface area contributed by atoms with Crippen LogP contribution in [0.4, 0.5) is 5.69 Å². The van der Waals surface area contributed by atoms with E-state index in [9.17, 15) is 0 Å². The van der Waals surface area contributed by atoms with E-state index >= 15 is 0 Å². The molecule has 17 heavy (non-hydrogen) atoms. The summed E-state index contributed by atoms with van der Waals surface area (Å²) in [4.78, 5) is 4.80. The van der Waals surface area contributed by atoms with Gasteiger partial charge >= 0.3 is 0 Å². The van der Waals surface area contributed by atoms with Crippen LogP contribution in [0.1, 0.15) is 6.99 Å². The van der Waals surface area contributed by atoms with E-state index in [1.165, 1.54) is 11.3 Å². The second-order valence-corrected chi connectivity index (χ2v) is 4.80. The van der Waals surface area contributed by atoms with E-state index in [1.54, 1.807) is 0 Å². The molecule has 0 spiro atoms. The Labute approximate surface area is 105 Å². The molecule has 0 aromatic heterocycles. The number of likely N-dealkylation sites (N-methyl/N-ethyl adjacent to an activating group) is 1. The topological polar surface area (TPSA) is 32.5 Å². The quantitative estimate of drug-likeness (QED) is 0.862. The fourth-order valence-corrected chi connectivity index (χ4v) is 2.19. The van der Waals surface area contributed by atoms with Gasteiger partial charge in [-0.2, -0.15) is 0 Å². The first kappa shape index (κ1) is 12.0. The van der Waals surface area contributed by atoms with Crippen LogP contribution < -0.4 is 10.6 Å². The van der Waals surface area contributed by atoms with Crippen LogP contribution in [0.3, 0.4) is 0 Å². The van der Waals surface area contributed by atoms with Crippen molar-refractivity contribution < 1.29 is 1.43 Å². The highest BCUT2D eigenvalue weighted by Gasteiger charge is 2.14. The monoisotopic (exact) mass is 233 g/mol. The molecule has 1 aromatic carbocycles. The third kappa shape index (κ3) is 3.24. The minimum Gasteiger partial charge on any atom is -0.402 e. The Morgan fingerprint density at radius 3 is 2.71 bits per heavy atom. The lowest BCUT2D eigenvalue weighted by Crippen LogP contribution is -2.44. The zero-order valence-electron chi connectivity index (χ0n) is 10.5. The zero-order chi connectivity index (χ0) is 12.3. The van der Waals surface area contributed by atoms with Crippen molar-refractivity contribution in [2.24, 2.45) is 5.73 Å². The van der Waals surface area contributed by atoms with Crippen molar-refractivity contribution in [3.8, 4) is 0 Å². The molecule has 0 saturated carbocycles. The van der Waals surface area contributed by atoms with E-state index in [4.69, 9.17) is 5.73 Å². The molecule has 2 N–H and O–H groups in total. The molecule has 1 aromatic rings. The standard InChI is InChI=1S/C14H21N3.H2/c1-12(15)10-13-4-3-5-14(11-13)17-8-6-16(2)7-9-17;/h3-5,11H,1,6-10,15H2,2H3;1H. The van der Waals surface area contributed by atoms with Crippen LogP contribution >= 0.6 is 0 Å². The molecule has 1 fully saturated rings. The Morgan fingerprint density at radius 2 is 2.06 bits per heavy atom. The molecule has 1 aliphatic rings. The number of nitrogens with two attached hydrogens (primary N) is 1. The van der Waals surface area contributed by atoms with Crippen LogP contribution in [0.2, 0.25) is 0 Å². The maximum Gasteiger partial charge on any atom is 0.0369 e. The summed E-state index contributed by atoms with van der Waals surface area (Å²) < 4.78 is 0. The average molecular weight is 233 g/mol. The summed E-state index contributed by atoms with van der Waals surface area (Å²) in [6, 6.07) is 8.61. The molecule has 0 bridgehead atoms. The van der Waals surface area contributed by atoms with Gasteiger partial charge in [0.05, 0.1) is 0 Å². The molecule has 1 aliphatic heterocycles. The molecule has 3 heteroatoms. The third-order valence-corrected chi connectivity index (χ3v) is 3.21. The fourth-order valence-electron chi connectivity index (χ4n) is 2.19. The Morgan fingerprint density at radius 1 is 1.35 bits per heavy atom. The number of rotatable bonds is 3. The molecule has 0 aliphatic carbocycles. The summed E-state index contributed by atoms with van der Waals surface area (Å²) in [6.07, 6.45) is 0.765. The van der Waals surface area contributed by atoms with Crippen molar-refractivity contribution >= 4 is 5.69 Å². The SMILES string of the molecule is C=C(N)Cc1cccc(N2CCN(C)CC2)c1.[HH]. The number of nitrogens with zero attached hydrogens (tertiary/aromatic N) is 2. The minimum absolute atomic E-state index is 0. The number of benzene rings is 1. The van der Waals surface area contributed by atoms with E-state index < -0.39 is 0 Å². The van der Waals surface area contributed by atoms with Gasteiger partial charge in [-0.1, -0.05) is 18.7 Å². The van der Waals surface area contributed by atoms with Crippen LogP contribution in [-0.4, -0.2) is 38.1 Å². The summed E-state index contributed by atoms with van der Waals surface area (Å²) in [5.74, 6) is 0. The van der Waals surface area contributed by atoms with Crippen molar-refractivity contribution in [2.75, 3.05) is 38.1 Å². The summed E-state index contributed by atoms with van der Waals surface area (Å²) in [6.45, 7) is 8.23. The lowest BCUT2D eigenvalue weighted by Gasteiger charge is -2.34. The predicted molar refractivity (Wildman–Crippen MR) is 75.3 cm³/mol. The van der Waals surface area contributed by atoms with Crippen LogP contribution in [0.25, 0.3) is 0 Å². The van der Waals surface area contributed by atoms with Gasteiger partial charge in [-0.3, -0.25) is 0 Å². The Hall–Kier alpha value is -1.48. The molecule has 0 unspecified atom stereocenters. The predicted octanol–water partition coefficient (Wildman–Crippen LogP) is 1.70. The average Bonchev–Trinajstić information content (AvgIpc) is 2.29. The van der Waals surface area contributed by atoms with Crippen molar-refractivity contribution in [1.82, 2.24) is 4.90 Å². The first-order chi connectivity index (χ1) is 8.15. The van der Waals surface area contributed by atoms with E-state index in [1.807, 2.05) is 0 Å². The summed E-state index contributed by atoms with van der Waals surface area (Å²) in [7, 11) is 2.17. The highest BCUT2D eigenvalue weighted by molar-refractivity contribution is 5.49. The molecule has 2 rings (SSSR count). The molecule has 1 heterocycles. The second-order valence-electron chi connectivity index (χ2n) is 4.80. The molecule has 1 saturated heterocycles. The first-order valence-electron chi connectivity index (χ1n) is 6.11. The van der Waals surface area contributed by atoms with Crippen LogP contribution in [-0.2, 0) is 6.42 Å². The van der Waals surface area contributed by atoms with E-state index in [0.29, 0.717) is 0 Å². The van der Waals surface area contributed by atoms with Gasteiger partial charge in [0.2, 0.25) is 0 Å². The van der Waals surface area contributed by atoms with Crippen molar-refractivity contribution in [1.29, 1.82) is 0 Å². The Balaban J connectivity index is 0.00000162. The zero-order valence-corrected chi connectivity index (χ0v) is 10.5. The molecule has 0 radical (unpaired) electrons. The van der Waals surface area contributed by atoms with Gasteiger partial charge in [-0.15, -0.1) is 0 Å². The van der Waals surface area contributed by atoms with Crippen molar-refractivity contribution in [3.63, 3.8) is 0 Å². The highest BCUT2D eigenvalue weighted by atomic mass is 15.2. The van der Waals surface area contributed by atoms with Gasteiger partial charge in [0.15, 0.2) is 0 Å². The smallest absolute Gasteiger partial charge is 0.0369 e. The van der Waals surface area contributed by atoms with Gasteiger partial charge in [0, 0.05) is 45.4 Å². The second kappa shape index (κ2) is 5.23. The lowest BCUT2D eigenvalue weighted by molar-refractivity contribution is 0.313. The Bertz CT molecular complexity index is 398. The number of piperazine rings is 1. The minimum atomic E-state index is 0. The lowest BCUT2D eigenvalue weighted by atomic mass is 10.1. The summed E-state index contributed by atoms with van der Waals surface area (Å²) >= 11 is 0. The number of allylic oxidation sites excluding steroid dienone is 1. The summed E-state index contributed by atoms with van der Waals surface area (Å²) in [5.41, 5.74) is 8.93. The van der Waals surface area contributed by atoms with Crippen molar-refractivity contribution in [3.05, 3.63) is 42.1 Å². The molecule has 0 amide bonds. The van der Waals surface area contributed by atoms with Gasteiger partial charge < -0.3 is 15.5 Å². The van der Waals surface area contributed by atoms with Gasteiger partial charge in [-0.05, 0) is 24.7 Å². The van der Waals surface area contributed by atoms with Gasteiger partial charge in [0.25, 0.3) is 0 Å². The Kier molecular flexibility index (Phi) is 3.69. The van der Waals surface area contributed by atoms with E-state index in [-0.39, 0.29) is 1.43 Å². The summed E-state index contributed by atoms with van der Waals surface area (Å²) in [5, 5.41) is 0. The fraction of sp³-hybridized carbons (Fsp3) is 0.429. The van der Waals surface area contributed by atoms with Crippen LogP contribution in [0.15, 0.2) is 36.5 Å². The normalized spacial score (nSPS) is 17.1. The van der Waals surface area contributed by atoms with E-state index in [2.05, 4.69) is 47.7 Å². The van der Waals surface area contributed by atoms with Crippen LogP contribution in [0, 0.1) is 0 Å². The number of hydrogen-bond donors (Lipinski definition) is 1. The maximum absolute atomic E-state index is 5.66. The first-order valence-corrected chi connectivity index (χ1v) is 6.11. The number of hydrogen-bond acceptors (Lipinski definition) is 3. The largest absolute Gasteiger partial charge is 0.402 e. The van der Waals surface area contributed by atoms with Gasteiger partial charge in [-0.25, -0.2) is 0 Å².